The molecule has 114 heavy (non-hydrogen) atoms. The van der Waals surface area contributed by atoms with Crippen LogP contribution >= 0.6 is 23.2 Å². The molecule has 13 aromatic heterocycles. The van der Waals surface area contributed by atoms with Crippen LogP contribution in [0.15, 0.2) is 171 Å². The van der Waals surface area contributed by atoms with Gasteiger partial charge in [-0.2, -0.15) is 0 Å². The molecule has 8 N–H and O–H groups in total. The van der Waals surface area contributed by atoms with Crippen molar-refractivity contribution in [2.24, 2.45) is 0 Å². The Balaban J connectivity index is 0.000000150. The first-order chi connectivity index (χ1) is 54.8. The number of nitrogen functional groups attached to an aromatic ring is 1. The van der Waals surface area contributed by atoms with Crippen LogP contribution in [0, 0.1) is 23.3 Å². The van der Waals surface area contributed by atoms with E-state index in [9.17, 15) is 53.5 Å². The van der Waals surface area contributed by atoms with Crippen molar-refractivity contribution in [1.82, 2.24) is 93.9 Å². The molecule has 0 radical (unpaired) electrons. The molecule has 0 fully saturated rings. The number of pyridine rings is 7. The van der Waals surface area contributed by atoms with E-state index in [1.54, 1.807) is 36.0 Å². The molecule has 41 heteroatoms. The lowest BCUT2D eigenvalue weighted by atomic mass is 10.2. The standard InChI is InChI=1S/C26H21F3N8O2.C24H17ClF3N7O.C18H13F3N8O.C5H4ClFN2/c1-14(38)32-21-10-20(17(27)11-30-21)34-25-22-26(36-24(35-25)19-5-3-4-18(33-19)23(28)29)37(13-31-22)12-15-6-8-16(39-2)9-7-15;1-36-14-7-5-13(6-8-14)11-35-12-30-20-23(32-18-9-19(25)29-10-15(18)26)33-22(34-24(20)35)17-4-2-3-16(31-17)21(27)28;1-8(30)25-13-5-12(9(19)6-22-13)27-18-14-17(24-7-23-14)28-16(29-18)11-4-2-3-10(26-11)15(20)21;6-5-1-4(8)3(7)2-9-5/h3-11,13,23H,12H2,1-2H3,(H2,30,32,34,35,36,38);2-10,12,21H,11H2,1H3,(H,29,32,33,34);2-7,15H,1H3,(H3,22,23,24,25,27,28,29,30);1-2H,(H2,8,9). The van der Waals surface area contributed by atoms with Crippen LogP contribution in [-0.4, -0.2) is 120 Å². The molecule has 15 rings (SSSR count). The smallest absolute Gasteiger partial charge is 0.280 e. The van der Waals surface area contributed by atoms with Crippen molar-refractivity contribution in [2.75, 3.05) is 46.5 Å². The topological polar surface area (TPSA) is 371 Å². The van der Waals surface area contributed by atoms with Gasteiger partial charge >= 0.3 is 0 Å². The summed E-state index contributed by atoms with van der Waals surface area (Å²) in [5, 5.41) is 13.8. The van der Waals surface area contributed by atoms with Crippen molar-refractivity contribution in [1.29, 1.82) is 0 Å². The number of fused-ring (bicyclic) bond motifs is 3. The summed E-state index contributed by atoms with van der Waals surface area (Å²) >= 11 is 11.3. The van der Waals surface area contributed by atoms with Gasteiger partial charge in [0.15, 0.2) is 86.2 Å². The van der Waals surface area contributed by atoms with E-state index in [2.05, 4.69) is 111 Å². The fourth-order valence-corrected chi connectivity index (χ4v) is 10.7. The number of imidazole rings is 3. The van der Waals surface area contributed by atoms with Gasteiger partial charge < -0.3 is 55.9 Å². The van der Waals surface area contributed by atoms with Gasteiger partial charge in [-0.25, -0.2) is 124 Å². The summed E-state index contributed by atoms with van der Waals surface area (Å²) in [7, 11) is 3.16. The number of aromatic amines is 1. The average molecular weight is 1610 g/mol. The first kappa shape index (κ1) is 79.3. The Morgan fingerprint density at radius 1 is 0.465 bits per heavy atom. The largest absolute Gasteiger partial charge is 0.497 e. The highest BCUT2D eigenvalue weighted by Gasteiger charge is 2.24. The van der Waals surface area contributed by atoms with Crippen molar-refractivity contribution >= 4 is 120 Å². The minimum atomic E-state index is -2.79. The Morgan fingerprint density at radius 3 is 1.25 bits per heavy atom. The summed E-state index contributed by atoms with van der Waals surface area (Å²) < 4.78 is 149. The SMILES string of the molecule is CC(=O)Nc1cc(Nc2nc(-c3cccc(C(F)F)n3)nc3nc[nH]c23)c(F)cn1.COc1ccc(Cn2cnc3c(Nc4cc(Cl)ncc4F)nc(-c4cccc(C(F)F)n4)nc32)cc1.COc1ccc(Cn2cnc3c(Nc4cc(NC(C)=O)ncc4F)nc(-c4cccc(C(F)F)n4)nc32)cc1.Nc1cc(Cl)ncc1F. The van der Waals surface area contributed by atoms with E-state index < -0.39 is 59.6 Å². The predicted octanol–water partition coefficient (Wildman–Crippen LogP) is 16.0. The van der Waals surface area contributed by atoms with Gasteiger partial charge in [-0.1, -0.05) is 65.7 Å². The second-order valence-electron chi connectivity index (χ2n) is 23.7. The molecule has 29 nitrogen and oxygen atoms in total. The zero-order chi connectivity index (χ0) is 80.9. The van der Waals surface area contributed by atoms with Gasteiger partial charge in [0.1, 0.15) is 73.1 Å². The van der Waals surface area contributed by atoms with Crippen molar-refractivity contribution in [3.05, 3.63) is 233 Å². The van der Waals surface area contributed by atoms with E-state index in [1.807, 2.05) is 48.5 Å². The Hall–Kier alpha value is -14.2. The van der Waals surface area contributed by atoms with Crippen molar-refractivity contribution in [3.8, 4) is 46.1 Å². The number of carbonyl (C=O) groups is 2. The summed E-state index contributed by atoms with van der Waals surface area (Å²) in [6.45, 7) is 3.37. The summed E-state index contributed by atoms with van der Waals surface area (Å²) in [5.74, 6) is -1.20. The predicted molar refractivity (Wildman–Crippen MR) is 401 cm³/mol. The third-order valence-corrected chi connectivity index (χ3v) is 16.1. The Morgan fingerprint density at radius 2 is 0.851 bits per heavy atom. The monoisotopic (exact) mass is 1610 g/mol. The number of anilines is 9. The second kappa shape index (κ2) is 35.6. The van der Waals surface area contributed by atoms with Crippen LogP contribution in [0.3, 0.4) is 0 Å². The number of nitrogens with one attached hydrogen (secondary N) is 6. The summed E-state index contributed by atoms with van der Waals surface area (Å²) in [6, 6.07) is 32.4. The molecule has 0 unspecified atom stereocenters. The Kier molecular flexibility index (Phi) is 24.8. The van der Waals surface area contributed by atoms with Crippen LogP contribution in [-0.2, 0) is 22.7 Å². The fourth-order valence-electron chi connectivity index (χ4n) is 10.4. The molecule has 0 atom stereocenters. The quantitative estimate of drug-likeness (QED) is 0.0275. The van der Waals surface area contributed by atoms with Gasteiger partial charge in [0, 0.05) is 38.1 Å². The molecule has 0 aliphatic rings. The number of benzene rings is 2. The van der Waals surface area contributed by atoms with E-state index in [0.717, 1.165) is 35.9 Å². The van der Waals surface area contributed by atoms with Crippen molar-refractivity contribution in [3.63, 3.8) is 0 Å². The number of halogens is 12. The minimum Gasteiger partial charge on any atom is -0.497 e. The van der Waals surface area contributed by atoms with Crippen LogP contribution in [0.1, 0.15) is 61.3 Å². The number of aromatic nitrogens is 19. The van der Waals surface area contributed by atoms with Gasteiger partial charge in [-0.05, 0) is 71.8 Å². The van der Waals surface area contributed by atoms with Crippen LogP contribution in [0.5, 0.6) is 11.5 Å². The number of methoxy groups -OCH3 is 2. The number of H-pyrrole nitrogens is 1. The van der Waals surface area contributed by atoms with Crippen LogP contribution < -0.4 is 41.8 Å². The molecular formula is C73H55Cl2F10N25O4. The van der Waals surface area contributed by atoms with E-state index in [0.29, 0.717) is 52.4 Å². The van der Waals surface area contributed by atoms with Crippen LogP contribution in [0.25, 0.3) is 68.0 Å². The molecule has 15 aromatic rings. The van der Waals surface area contributed by atoms with Crippen molar-refractivity contribution in [2.45, 2.75) is 46.2 Å². The Bertz CT molecular complexity index is 6000. The lowest BCUT2D eigenvalue weighted by molar-refractivity contribution is -0.115. The zero-order valence-electron chi connectivity index (χ0n) is 59.1. The number of amides is 2. The van der Waals surface area contributed by atoms with E-state index in [-0.39, 0.29) is 114 Å². The van der Waals surface area contributed by atoms with E-state index >= 15 is 0 Å². The summed E-state index contributed by atoms with van der Waals surface area (Å²) in [5.41, 5.74) is 7.99. The number of hydrogen-bond donors (Lipinski definition) is 7. The highest BCUT2D eigenvalue weighted by Crippen LogP contribution is 2.34. The maximum atomic E-state index is 14.7. The molecule has 0 bridgehead atoms. The van der Waals surface area contributed by atoms with Crippen LogP contribution in [0.2, 0.25) is 10.3 Å². The highest BCUT2D eigenvalue weighted by atomic mass is 35.5. The maximum absolute atomic E-state index is 14.7. The molecule has 580 valence electrons. The minimum absolute atomic E-state index is 0.0138. The number of nitrogens with zero attached hydrogens (tertiary/aromatic N) is 18. The lowest BCUT2D eigenvalue weighted by Gasteiger charge is -2.12. The molecule has 2 amide bonds. The number of rotatable bonds is 20. The molecular weight excluding hydrogens is 1550 g/mol. The average Bonchev–Trinajstić information content (AvgIpc) is 1.59. The molecule has 0 spiro atoms. The van der Waals surface area contributed by atoms with E-state index in [4.69, 9.17) is 38.4 Å². The van der Waals surface area contributed by atoms with Gasteiger partial charge in [-0.15, -0.1) is 0 Å². The first-order valence-electron chi connectivity index (χ1n) is 33.1. The fraction of sp³-hybridized carbons (Fsp3) is 0.123. The normalized spacial score (nSPS) is 11.0. The number of alkyl halides is 6. The zero-order valence-corrected chi connectivity index (χ0v) is 60.6. The van der Waals surface area contributed by atoms with Gasteiger partial charge in [0.2, 0.25) is 11.8 Å². The maximum Gasteiger partial charge on any atom is 0.280 e. The summed E-state index contributed by atoms with van der Waals surface area (Å²) in [4.78, 5) is 91.6. The molecule has 13 heterocycles. The molecule has 0 saturated carbocycles. The highest BCUT2D eigenvalue weighted by molar-refractivity contribution is 6.30. The van der Waals surface area contributed by atoms with Crippen molar-refractivity contribution < 1.29 is 63.0 Å². The molecule has 0 aliphatic carbocycles. The second-order valence-corrected chi connectivity index (χ2v) is 24.4. The lowest BCUT2D eigenvalue weighted by Crippen LogP contribution is -2.09. The number of nitrogens with two attached hydrogens (primary N) is 1. The van der Waals surface area contributed by atoms with Gasteiger partial charge in [-0.3, -0.25) is 9.59 Å². The number of ether oxygens (including phenoxy) is 2. The van der Waals surface area contributed by atoms with E-state index in [1.165, 1.54) is 99.0 Å². The van der Waals surface area contributed by atoms with Crippen LogP contribution in [0.4, 0.5) is 95.7 Å². The third-order valence-electron chi connectivity index (χ3n) is 15.7. The van der Waals surface area contributed by atoms with Gasteiger partial charge in [0.25, 0.3) is 19.3 Å². The Labute approximate surface area is 646 Å². The molecule has 2 aromatic carbocycles. The van der Waals surface area contributed by atoms with Gasteiger partial charge in [0.05, 0.1) is 93.8 Å². The molecule has 0 saturated heterocycles. The number of carbonyl (C=O) groups excluding carboxylic acids is 2. The molecule has 0 aliphatic heterocycles. The number of hydrogen-bond acceptors (Lipinski definition) is 24. The third kappa shape index (κ3) is 19.7. The first-order valence-corrected chi connectivity index (χ1v) is 33.8. The summed E-state index contributed by atoms with van der Waals surface area (Å²) in [6.07, 6.45) is 0.0151.